The van der Waals surface area contributed by atoms with Gasteiger partial charge in [0.05, 0.1) is 31.6 Å². The number of H-pyrrole nitrogens is 1. The molecule has 0 atom stereocenters. The number of nitrogens with one attached hydrogen (secondary N) is 2. The van der Waals surface area contributed by atoms with Crippen molar-refractivity contribution >= 4 is 39.8 Å². The third-order valence-corrected chi connectivity index (χ3v) is 10.8. The third-order valence-electron chi connectivity index (χ3n) is 10.8. The van der Waals surface area contributed by atoms with Crippen molar-refractivity contribution in [3.05, 3.63) is 90.0 Å². The summed E-state index contributed by atoms with van der Waals surface area (Å²) >= 11 is 0. The molecule has 280 valence electrons. The van der Waals surface area contributed by atoms with Gasteiger partial charge in [-0.25, -0.2) is 13.8 Å². The van der Waals surface area contributed by atoms with E-state index >= 15 is 4.39 Å². The van der Waals surface area contributed by atoms with Crippen molar-refractivity contribution in [2.75, 3.05) is 56.6 Å². The van der Waals surface area contributed by atoms with Crippen LogP contribution in [0.3, 0.4) is 0 Å². The molecule has 2 amide bonds. The fraction of sp³-hybridized carbons (Fsp3) is 0.375. The van der Waals surface area contributed by atoms with Gasteiger partial charge in [0.15, 0.2) is 17.4 Å². The minimum atomic E-state index is -0.486. The lowest BCUT2D eigenvalue weighted by atomic mass is 9.93. The number of nitrogens with zero attached hydrogens (tertiary/aromatic N) is 7. The highest BCUT2D eigenvalue weighted by molar-refractivity contribution is 6.04. The summed E-state index contributed by atoms with van der Waals surface area (Å²) in [6.07, 6.45) is 12.1. The second-order valence-electron chi connectivity index (χ2n) is 14.2. The van der Waals surface area contributed by atoms with Crippen LogP contribution in [0.5, 0.6) is 5.75 Å². The maximum absolute atomic E-state index is 16.8. The molecule has 0 radical (unpaired) electrons. The lowest BCUT2D eigenvalue weighted by Gasteiger charge is -2.35. The number of piperazine rings is 1. The summed E-state index contributed by atoms with van der Waals surface area (Å²) < 4.78 is 37.5. The highest BCUT2D eigenvalue weighted by atomic mass is 19.1. The van der Waals surface area contributed by atoms with Gasteiger partial charge in [0.1, 0.15) is 11.5 Å². The van der Waals surface area contributed by atoms with Crippen molar-refractivity contribution in [3.8, 4) is 16.9 Å². The molecule has 1 aliphatic carbocycles. The van der Waals surface area contributed by atoms with E-state index in [0.717, 1.165) is 41.4 Å². The summed E-state index contributed by atoms with van der Waals surface area (Å²) in [7, 11) is 1.47. The van der Waals surface area contributed by atoms with Gasteiger partial charge in [-0.3, -0.25) is 14.3 Å². The Morgan fingerprint density at radius 3 is 2.52 bits per heavy atom. The monoisotopic (exact) mass is 735 g/mol. The molecule has 0 spiro atoms. The predicted octanol–water partition coefficient (Wildman–Crippen LogP) is 6.13. The number of aromatic amines is 1. The van der Waals surface area contributed by atoms with E-state index in [2.05, 4.69) is 37.7 Å². The number of ether oxygens (including phenoxy) is 1. The number of hydrogen-bond acceptors (Lipinski definition) is 8. The first-order chi connectivity index (χ1) is 26.3. The molecule has 2 aromatic carbocycles. The van der Waals surface area contributed by atoms with E-state index in [-0.39, 0.29) is 36.0 Å². The van der Waals surface area contributed by atoms with Crippen LogP contribution in [0.4, 0.5) is 20.3 Å². The van der Waals surface area contributed by atoms with Crippen molar-refractivity contribution < 1.29 is 23.1 Å². The zero-order chi connectivity index (χ0) is 37.2. The average molecular weight is 736 g/mol. The number of rotatable bonds is 10. The molecule has 2 N–H and O–H groups in total. The Kier molecular flexibility index (Phi) is 9.98. The molecular weight excluding hydrogens is 692 g/mol. The molecule has 2 fully saturated rings. The Morgan fingerprint density at radius 2 is 1.78 bits per heavy atom. The maximum Gasteiger partial charge on any atom is 0.270 e. The molecule has 5 aromatic rings. The SMILES string of the molecule is COc1cc(F)cnc1N1CCN(C(=O)c2cc3c(-c4ccc(NC5CCCC5)cc4)cc(C4=CCCN(C(=O)CCn5ccnn5)C4)c(F)c3[nH]2)CC1. The summed E-state index contributed by atoms with van der Waals surface area (Å²) in [6, 6.07) is 13.6. The molecule has 54 heavy (non-hydrogen) atoms. The molecule has 8 rings (SSSR count). The topological polar surface area (TPSA) is 125 Å². The lowest BCUT2D eigenvalue weighted by Crippen LogP contribution is -2.49. The smallest absolute Gasteiger partial charge is 0.270 e. The van der Waals surface area contributed by atoms with Gasteiger partial charge in [-0.05, 0) is 60.2 Å². The molecule has 1 saturated carbocycles. The first-order valence-electron chi connectivity index (χ1n) is 18.6. The van der Waals surface area contributed by atoms with E-state index in [1.807, 2.05) is 29.2 Å². The number of carbonyl (C=O) groups excluding carboxylic acids is 2. The van der Waals surface area contributed by atoms with Gasteiger partial charge >= 0.3 is 0 Å². The van der Waals surface area contributed by atoms with E-state index in [9.17, 15) is 14.0 Å². The Bertz CT molecular complexity index is 2170. The number of fused-ring (bicyclic) bond motifs is 1. The minimum absolute atomic E-state index is 0.0373. The molecule has 3 aliphatic rings. The van der Waals surface area contributed by atoms with Crippen molar-refractivity contribution in [2.45, 2.75) is 51.1 Å². The van der Waals surface area contributed by atoms with Gasteiger partial charge in [0.2, 0.25) is 5.91 Å². The minimum Gasteiger partial charge on any atom is -0.493 e. The molecule has 0 bridgehead atoms. The molecule has 12 nitrogen and oxygen atoms in total. The fourth-order valence-electron chi connectivity index (χ4n) is 7.86. The third kappa shape index (κ3) is 7.24. The molecule has 2 aliphatic heterocycles. The fourth-order valence-corrected chi connectivity index (χ4v) is 7.86. The van der Waals surface area contributed by atoms with Crippen molar-refractivity contribution in [1.29, 1.82) is 0 Å². The van der Waals surface area contributed by atoms with Crippen molar-refractivity contribution in [3.63, 3.8) is 0 Å². The number of amides is 2. The van der Waals surface area contributed by atoms with Crippen LogP contribution in [0.15, 0.2) is 67.1 Å². The number of aryl methyl sites for hydroxylation is 1. The van der Waals surface area contributed by atoms with Crippen molar-refractivity contribution in [2.24, 2.45) is 0 Å². The highest BCUT2D eigenvalue weighted by Gasteiger charge is 2.29. The average Bonchev–Trinajstić information content (AvgIpc) is 4.01. The molecule has 14 heteroatoms. The number of pyridine rings is 1. The Balaban J connectivity index is 1.08. The van der Waals surface area contributed by atoms with E-state index in [4.69, 9.17) is 4.74 Å². The summed E-state index contributed by atoms with van der Waals surface area (Å²) in [5.41, 5.74) is 4.37. The lowest BCUT2D eigenvalue weighted by molar-refractivity contribution is -0.131. The second-order valence-corrected chi connectivity index (χ2v) is 14.2. The standard InChI is InChI=1S/C40H43F2N9O3/c1-54-35-21-28(41)24-43-39(35)48-17-19-49(20-18-48)40(53)34-23-33-31(26-8-10-30(11-9-26)45-29-6-2-3-7-29)22-32(37(42)38(33)46-34)27-5-4-14-50(25-27)36(52)12-15-51-16-13-44-47-51/h5,8-11,13,16,21-24,29,45-46H,2-4,6-7,12,14-15,17-20,25H2,1H3. The van der Waals surface area contributed by atoms with Gasteiger partial charge in [0, 0.05) is 80.6 Å². The van der Waals surface area contributed by atoms with Gasteiger partial charge in [0.25, 0.3) is 5.91 Å². The number of aromatic nitrogens is 5. The molecule has 5 heterocycles. The number of hydrogen-bond donors (Lipinski definition) is 2. The first-order valence-corrected chi connectivity index (χ1v) is 18.6. The van der Waals surface area contributed by atoms with Crippen LogP contribution in [0.25, 0.3) is 27.6 Å². The number of benzene rings is 2. The summed E-state index contributed by atoms with van der Waals surface area (Å²) in [5, 5.41) is 12.0. The van der Waals surface area contributed by atoms with Crippen LogP contribution in [0, 0.1) is 11.6 Å². The van der Waals surface area contributed by atoms with Gasteiger partial charge in [-0.2, -0.15) is 0 Å². The zero-order valence-electron chi connectivity index (χ0n) is 30.2. The highest BCUT2D eigenvalue weighted by Crippen LogP contribution is 2.38. The molecular formula is C40H43F2N9O3. The van der Waals surface area contributed by atoms with Crippen LogP contribution in [-0.2, 0) is 11.3 Å². The zero-order valence-corrected chi connectivity index (χ0v) is 30.2. The quantitative estimate of drug-likeness (QED) is 0.176. The molecule has 0 unspecified atom stereocenters. The van der Waals surface area contributed by atoms with Gasteiger partial charge in [-0.15, -0.1) is 5.10 Å². The van der Waals surface area contributed by atoms with E-state index in [1.54, 1.807) is 32.9 Å². The van der Waals surface area contributed by atoms with Gasteiger partial charge < -0.3 is 29.7 Å². The largest absolute Gasteiger partial charge is 0.493 e. The predicted molar refractivity (Wildman–Crippen MR) is 202 cm³/mol. The summed E-state index contributed by atoms with van der Waals surface area (Å²) in [5.74, 6) is -0.375. The number of methoxy groups -OCH3 is 1. The number of carbonyl (C=O) groups is 2. The number of halogens is 2. The Morgan fingerprint density at radius 1 is 0.981 bits per heavy atom. The normalized spacial score (nSPS) is 16.6. The maximum atomic E-state index is 16.8. The first kappa shape index (κ1) is 35.3. The summed E-state index contributed by atoms with van der Waals surface area (Å²) in [4.78, 5) is 40.1. The van der Waals surface area contributed by atoms with Crippen LogP contribution < -0.4 is 15.0 Å². The Hall–Kier alpha value is -5.79. The second kappa shape index (κ2) is 15.3. The van der Waals surface area contributed by atoms with Crippen LogP contribution in [0.2, 0.25) is 0 Å². The van der Waals surface area contributed by atoms with Crippen LogP contribution in [0.1, 0.15) is 54.6 Å². The van der Waals surface area contributed by atoms with Crippen LogP contribution >= 0.6 is 0 Å². The number of anilines is 2. The Labute approximate surface area is 311 Å². The molecule has 1 saturated heterocycles. The van der Waals surface area contributed by atoms with Crippen molar-refractivity contribution in [1.82, 2.24) is 34.8 Å². The van der Waals surface area contributed by atoms with E-state index in [0.29, 0.717) is 74.2 Å². The van der Waals surface area contributed by atoms with E-state index in [1.165, 1.54) is 26.0 Å². The van der Waals surface area contributed by atoms with E-state index < -0.39 is 11.6 Å². The van der Waals surface area contributed by atoms with Gasteiger partial charge in [-0.1, -0.05) is 36.3 Å². The van der Waals surface area contributed by atoms with Crippen LogP contribution in [-0.4, -0.2) is 99.0 Å². The summed E-state index contributed by atoms with van der Waals surface area (Å²) in [6.45, 7) is 2.94. The molecule has 3 aromatic heterocycles.